The SMILES string of the molecule is COc1ccc(-c2c(C)nc3sc(C(C)(C)OO[C@H]4C[C@H](CNS(=O)(=O)c5cc(-c6c(C)nc7sc(C(C)(C)O)nn67)ccc5OC)C4)nn23)cc1S(=O)(=O)NCC(C)(C)O. The highest BCUT2D eigenvalue weighted by molar-refractivity contribution is 7.90. The van der Waals surface area contributed by atoms with E-state index in [-0.39, 0.29) is 46.4 Å². The summed E-state index contributed by atoms with van der Waals surface area (Å²) >= 11 is 2.57. The largest absolute Gasteiger partial charge is 0.495 e. The Morgan fingerprint density at radius 1 is 0.754 bits per heavy atom. The molecule has 22 heteroatoms. The predicted molar refractivity (Wildman–Crippen MR) is 229 cm³/mol. The summed E-state index contributed by atoms with van der Waals surface area (Å²) in [4.78, 5) is 22.1. The van der Waals surface area contributed by atoms with Gasteiger partial charge in [0.15, 0.2) is 10.6 Å². The Morgan fingerprint density at radius 3 is 1.70 bits per heavy atom. The van der Waals surface area contributed by atoms with E-state index >= 15 is 0 Å². The van der Waals surface area contributed by atoms with E-state index in [1.165, 1.54) is 56.8 Å². The lowest BCUT2D eigenvalue weighted by Crippen LogP contribution is -2.40. The molecule has 0 radical (unpaired) electrons. The Hall–Kier alpha value is -4.10. The summed E-state index contributed by atoms with van der Waals surface area (Å²) in [5.74, 6) is 0.314. The van der Waals surface area contributed by atoms with E-state index in [1.807, 2.05) is 27.7 Å². The zero-order valence-corrected chi connectivity index (χ0v) is 38.7. The number of imidazole rings is 2. The molecule has 4 heterocycles. The molecule has 1 fully saturated rings. The minimum Gasteiger partial charge on any atom is -0.495 e. The molecule has 18 nitrogen and oxygen atoms in total. The van der Waals surface area contributed by atoms with E-state index in [1.54, 1.807) is 53.2 Å². The molecule has 7 rings (SSSR count). The molecular weight excluding hydrogens is 869 g/mol. The molecule has 0 atom stereocenters. The first-order valence-corrected chi connectivity index (χ1v) is 23.9. The molecule has 0 unspecified atom stereocenters. The van der Waals surface area contributed by atoms with Crippen LogP contribution < -0.4 is 18.9 Å². The standard InChI is InChI=1S/C39H50N8O10S4/c1-21-31(46-35(42-21)58-33(44-46)38(5,6)49)24-11-13-27(54-9)29(17-24)60(50,51)40-19-23-15-26(16-23)56-57-39(7,8)34-45-47-32(22(2)43-36(47)59-34)25-12-14-28(55-10)30(18-25)61(52,53)41-20-37(3,4)48/h11-14,17-18,23,26,40-41,48-49H,15-16,19-20H2,1-10H3/t23-,26-. The van der Waals surface area contributed by atoms with Crippen molar-refractivity contribution in [3.05, 3.63) is 57.8 Å². The van der Waals surface area contributed by atoms with Crippen molar-refractivity contribution in [1.82, 2.24) is 38.6 Å². The van der Waals surface area contributed by atoms with E-state index < -0.39 is 36.8 Å². The van der Waals surface area contributed by atoms with Gasteiger partial charge in [0.25, 0.3) is 0 Å². The van der Waals surface area contributed by atoms with Crippen molar-refractivity contribution in [1.29, 1.82) is 0 Å². The van der Waals surface area contributed by atoms with Gasteiger partial charge in [-0.05, 0) is 111 Å². The minimum atomic E-state index is -4.07. The molecule has 0 amide bonds. The molecule has 1 aliphatic carbocycles. The van der Waals surface area contributed by atoms with Crippen LogP contribution in [0.3, 0.4) is 0 Å². The normalized spacial score (nSPS) is 16.7. The highest BCUT2D eigenvalue weighted by Crippen LogP contribution is 2.39. The molecule has 6 aromatic rings. The summed E-state index contributed by atoms with van der Waals surface area (Å²) in [6.07, 6.45) is 0.819. The van der Waals surface area contributed by atoms with Crippen molar-refractivity contribution < 1.29 is 46.3 Å². The molecule has 330 valence electrons. The Kier molecular flexibility index (Phi) is 12.0. The third-order valence-corrected chi connectivity index (χ3v) is 15.4. The molecular formula is C39H50N8O10S4. The van der Waals surface area contributed by atoms with E-state index in [0.29, 0.717) is 66.7 Å². The van der Waals surface area contributed by atoms with Gasteiger partial charge in [-0.2, -0.15) is 10.2 Å². The van der Waals surface area contributed by atoms with Crippen molar-refractivity contribution in [2.45, 2.75) is 101 Å². The first kappa shape index (κ1) is 44.9. The highest BCUT2D eigenvalue weighted by Gasteiger charge is 2.37. The summed E-state index contributed by atoms with van der Waals surface area (Å²) in [6, 6.07) is 9.67. The van der Waals surface area contributed by atoms with Crippen molar-refractivity contribution in [2.24, 2.45) is 5.92 Å². The number of benzene rings is 2. The van der Waals surface area contributed by atoms with Gasteiger partial charge in [0.2, 0.25) is 30.0 Å². The Labute approximate surface area is 361 Å². The van der Waals surface area contributed by atoms with Crippen LogP contribution in [0.25, 0.3) is 32.4 Å². The van der Waals surface area contributed by atoms with Crippen LogP contribution >= 0.6 is 22.7 Å². The monoisotopic (exact) mass is 918 g/mol. The number of aryl methyl sites for hydroxylation is 2. The Morgan fingerprint density at radius 2 is 1.23 bits per heavy atom. The fourth-order valence-corrected chi connectivity index (χ4v) is 11.3. The molecule has 0 spiro atoms. The second kappa shape index (κ2) is 16.2. The lowest BCUT2D eigenvalue weighted by molar-refractivity contribution is -0.395. The quantitative estimate of drug-likeness (QED) is 0.0691. The molecule has 2 aromatic carbocycles. The van der Waals surface area contributed by atoms with Crippen LogP contribution in [0.1, 0.15) is 75.8 Å². The number of ether oxygens (including phenoxy) is 2. The van der Waals surface area contributed by atoms with Gasteiger partial charge in [-0.25, -0.2) is 55.1 Å². The van der Waals surface area contributed by atoms with Gasteiger partial charge in [-0.15, -0.1) is 0 Å². The topological polar surface area (TPSA) is 230 Å². The van der Waals surface area contributed by atoms with Crippen LogP contribution in [0, 0.1) is 19.8 Å². The third kappa shape index (κ3) is 9.19. The highest BCUT2D eigenvalue weighted by atomic mass is 32.2. The first-order chi connectivity index (χ1) is 28.4. The van der Waals surface area contributed by atoms with Crippen LogP contribution in [0.4, 0.5) is 0 Å². The number of rotatable bonds is 17. The molecule has 0 aliphatic heterocycles. The number of methoxy groups -OCH3 is 2. The minimum absolute atomic E-state index is 0.00940. The lowest BCUT2D eigenvalue weighted by atomic mass is 9.83. The van der Waals surface area contributed by atoms with E-state index in [2.05, 4.69) is 24.5 Å². The van der Waals surface area contributed by atoms with Gasteiger partial charge in [0, 0.05) is 24.2 Å². The fraction of sp³-hybridized carbons (Fsp3) is 0.487. The number of aromatic nitrogens is 6. The molecule has 61 heavy (non-hydrogen) atoms. The van der Waals surface area contributed by atoms with Crippen molar-refractivity contribution in [3.63, 3.8) is 0 Å². The predicted octanol–water partition coefficient (Wildman–Crippen LogP) is 5.08. The van der Waals surface area contributed by atoms with Gasteiger partial charge in [0.05, 0.1) is 48.7 Å². The summed E-state index contributed by atoms with van der Waals surface area (Å²) in [5.41, 5.74) is 0.165. The van der Waals surface area contributed by atoms with Gasteiger partial charge in [-0.3, -0.25) is 0 Å². The van der Waals surface area contributed by atoms with Crippen LogP contribution in [-0.4, -0.2) is 95.3 Å². The number of nitrogens with one attached hydrogen (secondary N) is 2. The van der Waals surface area contributed by atoms with Crippen LogP contribution in [-0.2, 0) is 41.0 Å². The van der Waals surface area contributed by atoms with E-state index in [4.69, 9.17) is 24.3 Å². The van der Waals surface area contributed by atoms with Crippen LogP contribution in [0.5, 0.6) is 11.5 Å². The van der Waals surface area contributed by atoms with E-state index in [9.17, 15) is 27.0 Å². The van der Waals surface area contributed by atoms with Crippen LogP contribution in [0.15, 0.2) is 46.2 Å². The van der Waals surface area contributed by atoms with Crippen molar-refractivity contribution >= 4 is 52.6 Å². The fourth-order valence-electron chi connectivity index (χ4n) is 6.72. The van der Waals surface area contributed by atoms with Gasteiger partial charge in [0.1, 0.15) is 31.9 Å². The molecule has 0 bridgehead atoms. The maximum Gasteiger partial charge on any atom is 0.244 e. The average Bonchev–Trinajstić information content (AvgIpc) is 3.91. The Balaban J connectivity index is 0.995. The van der Waals surface area contributed by atoms with Crippen LogP contribution in [0.2, 0.25) is 0 Å². The van der Waals surface area contributed by atoms with Gasteiger partial charge >= 0.3 is 0 Å². The number of nitrogens with zero attached hydrogens (tertiary/aromatic N) is 6. The smallest absolute Gasteiger partial charge is 0.244 e. The molecule has 1 aliphatic rings. The third-order valence-electron chi connectivity index (χ3n) is 10.1. The number of hydrogen-bond acceptors (Lipinski definition) is 16. The lowest BCUT2D eigenvalue weighted by Gasteiger charge is -2.35. The summed E-state index contributed by atoms with van der Waals surface area (Å²) in [7, 11) is -5.28. The number of aliphatic hydroxyl groups is 2. The second-order valence-electron chi connectivity index (χ2n) is 16.7. The zero-order chi connectivity index (χ0) is 44.4. The van der Waals surface area contributed by atoms with Crippen molar-refractivity contribution in [2.75, 3.05) is 27.3 Å². The van der Waals surface area contributed by atoms with E-state index in [0.717, 1.165) is 0 Å². The zero-order valence-electron chi connectivity index (χ0n) is 35.4. The number of fused-ring (bicyclic) bond motifs is 2. The second-order valence-corrected chi connectivity index (χ2v) is 22.1. The summed E-state index contributed by atoms with van der Waals surface area (Å²) in [6.45, 7) is 13.5. The van der Waals surface area contributed by atoms with Gasteiger partial charge in [-0.1, -0.05) is 22.7 Å². The van der Waals surface area contributed by atoms with Crippen molar-refractivity contribution in [3.8, 4) is 34.0 Å². The molecule has 1 saturated carbocycles. The average molecular weight is 919 g/mol. The molecule has 4 aromatic heterocycles. The summed E-state index contributed by atoms with van der Waals surface area (Å²) in [5, 5.41) is 31.0. The molecule has 4 N–H and O–H groups in total. The molecule has 0 saturated heterocycles. The first-order valence-electron chi connectivity index (χ1n) is 19.3. The maximum absolute atomic E-state index is 13.7. The summed E-state index contributed by atoms with van der Waals surface area (Å²) < 4.78 is 73.3. The maximum atomic E-state index is 13.7. The number of hydrogen-bond donors (Lipinski definition) is 4. The van der Waals surface area contributed by atoms with Gasteiger partial charge < -0.3 is 19.7 Å². The number of sulfonamides is 2. The Bertz CT molecular complexity index is 2830.